The number of hydrogen-bond donors (Lipinski definition) is 1. The predicted octanol–water partition coefficient (Wildman–Crippen LogP) is 0.786. The molecule has 1 spiro atoms. The Morgan fingerprint density at radius 1 is 1.42 bits per heavy atom. The van der Waals surface area contributed by atoms with E-state index in [2.05, 4.69) is 17.3 Å². The standard InChI is InChI=1S/C15H27N3O/c1-17-8-3-12(10-17)11-18(2)14(19)13-9-15(13)4-6-16-7-5-15/h12-13,16H,3-11H2,1-2H3. The van der Waals surface area contributed by atoms with Crippen LogP contribution in [0.15, 0.2) is 0 Å². The van der Waals surface area contributed by atoms with Crippen molar-refractivity contribution in [2.24, 2.45) is 17.3 Å². The van der Waals surface area contributed by atoms with Crippen LogP contribution in [0.25, 0.3) is 0 Å². The quantitative estimate of drug-likeness (QED) is 0.819. The van der Waals surface area contributed by atoms with E-state index in [-0.39, 0.29) is 0 Å². The van der Waals surface area contributed by atoms with Crippen molar-refractivity contribution in [3.63, 3.8) is 0 Å². The highest BCUT2D eigenvalue weighted by Gasteiger charge is 2.58. The smallest absolute Gasteiger partial charge is 0.226 e. The van der Waals surface area contributed by atoms with Crippen LogP contribution in [0.1, 0.15) is 25.7 Å². The summed E-state index contributed by atoms with van der Waals surface area (Å²) in [7, 11) is 4.18. The number of carbonyl (C=O) groups excluding carboxylic acids is 1. The molecule has 0 bridgehead atoms. The molecular weight excluding hydrogens is 238 g/mol. The zero-order valence-electron chi connectivity index (χ0n) is 12.3. The third-order valence-corrected chi connectivity index (χ3v) is 5.48. The van der Waals surface area contributed by atoms with Crippen molar-refractivity contribution >= 4 is 5.91 Å². The molecule has 0 aromatic carbocycles. The van der Waals surface area contributed by atoms with Crippen LogP contribution in [-0.4, -0.2) is 62.5 Å². The molecule has 3 fully saturated rings. The lowest BCUT2D eigenvalue weighted by Crippen LogP contribution is -2.37. The maximum Gasteiger partial charge on any atom is 0.226 e. The number of carbonyl (C=O) groups is 1. The summed E-state index contributed by atoms with van der Waals surface area (Å²) in [5, 5.41) is 3.40. The first-order valence-corrected chi connectivity index (χ1v) is 7.75. The molecule has 108 valence electrons. The largest absolute Gasteiger partial charge is 0.345 e. The van der Waals surface area contributed by atoms with Gasteiger partial charge in [0.25, 0.3) is 0 Å². The van der Waals surface area contributed by atoms with Gasteiger partial charge < -0.3 is 15.1 Å². The van der Waals surface area contributed by atoms with Gasteiger partial charge in [0, 0.05) is 26.1 Å². The first-order valence-electron chi connectivity index (χ1n) is 7.75. The Morgan fingerprint density at radius 3 is 2.79 bits per heavy atom. The summed E-state index contributed by atoms with van der Waals surface area (Å²) in [6.45, 7) is 5.49. The number of rotatable bonds is 3. The summed E-state index contributed by atoms with van der Waals surface area (Å²) in [6.07, 6.45) is 4.78. The van der Waals surface area contributed by atoms with Crippen molar-refractivity contribution in [3.8, 4) is 0 Å². The van der Waals surface area contributed by atoms with Crippen molar-refractivity contribution in [1.29, 1.82) is 0 Å². The number of amides is 1. The van der Waals surface area contributed by atoms with Gasteiger partial charge in [-0.15, -0.1) is 0 Å². The van der Waals surface area contributed by atoms with E-state index in [1.165, 1.54) is 25.8 Å². The lowest BCUT2D eigenvalue weighted by atomic mass is 9.91. The van der Waals surface area contributed by atoms with Crippen molar-refractivity contribution < 1.29 is 4.79 Å². The molecule has 1 aliphatic carbocycles. The number of nitrogens with one attached hydrogen (secondary N) is 1. The Kier molecular flexibility index (Phi) is 3.56. The van der Waals surface area contributed by atoms with E-state index in [9.17, 15) is 4.79 Å². The minimum absolute atomic E-state index is 0.332. The predicted molar refractivity (Wildman–Crippen MR) is 75.9 cm³/mol. The van der Waals surface area contributed by atoms with Crippen LogP contribution >= 0.6 is 0 Å². The first kappa shape index (κ1) is 13.4. The van der Waals surface area contributed by atoms with E-state index in [1.54, 1.807) is 0 Å². The molecule has 4 nitrogen and oxygen atoms in total. The minimum Gasteiger partial charge on any atom is -0.345 e. The molecule has 1 saturated carbocycles. The maximum atomic E-state index is 12.5. The fourth-order valence-corrected chi connectivity index (χ4v) is 4.09. The van der Waals surface area contributed by atoms with Crippen molar-refractivity contribution in [2.75, 3.05) is 46.8 Å². The molecule has 2 heterocycles. The first-order chi connectivity index (χ1) is 9.11. The number of piperidine rings is 1. The fraction of sp³-hybridized carbons (Fsp3) is 0.933. The zero-order valence-corrected chi connectivity index (χ0v) is 12.3. The van der Waals surface area contributed by atoms with Crippen LogP contribution in [-0.2, 0) is 4.79 Å². The average Bonchev–Trinajstić information content (AvgIpc) is 2.92. The van der Waals surface area contributed by atoms with E-state index in [4.69, 9.17) is 0 Å². The number of likely N-dealkylation sites (tertiary alicyclic amines) is 1. The molecule has 19 heavy (non-hydrogen) atoms. The molecule has 2 aliphatic heterocycles. The Labute approximate surface area is 116 Å². The van der Waals surface area contributed by atoms with Crippen LogP contribution in [0.4, 0.5) is 0 Å². The summed E-state index contributed by atoms with van der Waals surface area (Å²) in [5.41, 5.74) is 0.378. The molecule has 3 rings (SSSR count). The van der Waals surface area contributed by atoms with Gasteiger partial charge in [0.2, 0.25) is 5.91 Å². The topological polar surface area (TPSA) is 35.6 Å². The fourth-order valence-electron chi connectivity index (χ4n) is 4.09. The molecule has 0 aromatic heterocycles. The van der Waals surface area contributed by atoms with Crippen molar-refractivity contribution in [3.05, 3.63) is 0 Å². The van der Waals surface area contributed by atoms with E-state index in [1.807, 2.05) is 11.9 Å². The maximum absolute atomic E-state index is 12.5. The molecule has 2 saturated heterocycles. The van der Waals surface area contributed by atoms with Crippen LogP contribution in [0.3, 0.4) is 0 Å². The third-order valence-electron chi connectivity index (χ3n) is 5.48. The van der Waals surface area contributed by atoms with E-state index >= 15 is 0 Å². The Balaban J connectivity index is 1.50. The van der Waals surface area contributed by atoms with Gasteiger partial charge in [-0.25, -0.2) is 0 Å². The molecule has 4 heteroatoms. The van der Waals surface area contributed by atoms with Crippen LogP contribution in [0, 0.1) is 17.3 Å². The lowest BCUT2D eigenvalue weighted by molar-refractivity contribution is -0.132. The van der Waals surface area contributed by atoms with Crippen LogP contribution < -0.4 is 5.32 Å². The highest BCUT2D eigenvalue weighted by molar-refractivity contribution is 5.82. The van der Waals surface area contributed by atoms with Crippen LogP contribution in [0.5, 0.6) is 0 Å². The highest BCUT2D eigenvalue weighted by atomic mass is 16.2. The molecule has 1 N–H and O–H groups in total. The summed E-state index contributed by atoms with van der Waals surface area (Å²) < 4.78 is 0. The normalized spacial score (nSPS) is 33.6. The van der Waals surface area contributed by atoms with Crippen LogP contribution in [0.2, 0.25) is 0 Å². The summed E-state index contributed by atoms with van der Waals surface area (Å²) in [5.74, 6) is 1.43. The second-order valence-electron chi connectivity index (χ2n) is 7.00. The van der Waals surface area contributed by atoms with Gasteiger partial charge in [-0.1, -0.05) is 0 Å². The third kappa shape index (κ3) is 2.65. The number of hydrogen-bond acceptors (Lipinski definition) is 3. The second kappa shape index (κ2) is 5.06. The van der Waals surface area contributed by atoms with Gasteiger partial charge in [-0.3, -0.25) is 4.79 Å². The molecule has 0 radical (unpaired) electrons. The summed E-state index contributed by atoms with van der Waals surface area (Å²) >= 11 is 0. The Morgan fingerprint density at radius 2 is 2.16 bits per heavy atom. The van der Waals surface area contributed by atoms with Gasteiger partial charge in [0.1, 0.15) is 0 Å². The molecule has 2 unspecified atom stereocenters. The zero-order chi connectivity index (χ0) is 13.5. The number of nitrogens with zero attached hydrogens (tertiary/aromatic N) is 2. The van der Waals surface area contributed by atoms with Gasteiger partial charge in [0.15, 0.2) is 0 Å². The van der Waals surface area contributed by atoms with E-state index in [0.717, 1.165) is 32.6 Å². The SMILES string of the molecule is CN1CCC(CN(C)C(=O)C2CC23CCNCC3)C1. The van der Waals surface area contributed by atoms with E-state index in [0.29, 0.717) is 23.2 Å². The highest BCUT2D eigenvalue weighted by Crippen LogP contribution is 2.59. The van der Waals surface area contributed by atoms with E-state index < -0.39 is 0 Å². The molecule has 3 aliphatic rings. The average molecular weight is 265 g/mol. The second-order valence-corrected chi connectivity index (χ2v) is 7.00. The van der Waals surface area contributed by atoms with Gasteiger partial charge in [-0.05, 0) is 63.7 Å². The van der Waals surface area contributed by atoms with Gasteiger partial charge in [0.05, 0.1) is 0 Å². The van der Waals surface area contributed by atoms with Gasteiger partial charge in [-0.2, -0.15) is 0 Å². The minimum atomic E-state index is 0.332. The van der Waals surface area contributed by atoms with Crippen molar-refractivity contribution in [2.45, 2.75) is 25.7 Å². The van der Waals surface area contributed by atoms with Crippen molar-refractivity contribution in [1.82, 2.24) is 15.1 Å². The summed E-state index contributed by atoms with van der Waals surface area (Å²) in [4.78, 5) is 16.9. The Bertz CT molecular complexity index is 351. The molecule has 2 atom stereocenters. The molecule has 0 aromatic rings. The molecular formula is C15H27N3O. The Hall–Kier alpha value is -0.610. The monoisotopic (exact) mass is 265 g/mol. The molecule has 1 amide bonds. The van der Waals surface area contributed by atoms with Gasteiger partial charge >= 0.3 is 0 Å². The lowest BCUT2D eigenvalue weighted by Gasteiger charge is -2.26. The summed E-state index contributed by atoms with van der Waals surface area (Å²) in [6, 6.07) is 0.